The van der Waals surface area contributed by atoms with Gasteiger partial charge >= 0.3 is 0 Å². The predicted molar refractivity (Wildman–Crippen MR) is 73.6 cm³/mol. The van der Waals surface area contributed by atoms with E-state index in [1.54, 1.807) is 0 Å². The SMILES string of the molecule is CC(C)(C)CC[C@H]1CCCC(C(C)(C)C)C1. The second-order valence-electron chi connectivity index (χ2n) is 8.19. The van der Waals surface area contributed by atoms with Crippen molar-refractivity contribution in [3.8, 4) is 0 Å². The molecule has 1 rings (SSSR count). The van der Waals surface area contributed by atoms with Crippen LogP contribution in [-0.4, -0.2) is 0 Å². The quantitative estimate of drug-likeness (QED) is 0.567. The van der Waals surface area contributed by atoms with Crippen LogP contribution in [0.25, 0.3) is 0 Å². The fourth-order valence-corrected chi connectivity index (χ4v) is 2.98. The van der Waals surface area contributed by atoms with Gasteiger partial charge in [-0.25, -0.2) is 0 Å². The van der Waals surface area contributed by atoms with Crippen molar-refractivity contribution in [3.63, 3.8) is 0 Å². The lowest BCUT2D eigenvalue weighted by molar-refractivity contribution is 0.130. The van der Waals surface area contributed by atoms with Crippen LogP contribution in [0.1, 0.15) is 80.1 Å². The van der Waals surface area contributed by atoms with Gasteiger partial charge in [0.05, 0.1) is 0 Å². The van der Waals surface area contributed by atoms with E-state index in [1.807, 2.05) is 0 Å². The molecule has 1 aliphatic rings. The molecular weight excluding hydrogens is 192 g/mol. The number of hydrogen-bond acceptors (Lipinski definition) is 0. The summed E-state index contributed by atoms with van der Waals surface area (Å²) in [6.07, 6.45) is 8.76. The van der Waals surface area contributed by atoms with Gasteiger partial charge in [0.15, 0.2) is 0 Å². The largest absolute Gasteiger partial charge is 0.0602 e. The molecule has 1 saturated carbocycles. The van der Waals surface area contributed by atoms with Crippen LogP contribution in [0.5, 0.6) is 0 Å². The highest BCUT2D eigenvalue weighted by Crippen LogP contribution is 2.42. The second-order valence-corrected chi connectivity index (χ2v) is 8.19. The zero-order chi connectivity index (χ0) is 12.4. The molecule has 1 unspecified atom stereocenters. The summed E-state index contributed by atoms with van der Waals surface area (Å²) in [6.45, 7) is 14.4. The minimum Gasteiger partial charge on any atom is -0.0602 e. The standard InChI is InChI=1S/C16H32/c1-15(2,3)11-10-13-8-7-9-14(12-13)16(4,5)6/h13-14H,7-12H2,1-6H3/t13-,14?/m1/s1. The zero-order valence-electron chi connectivity index (χ0n) is 12.4. The Hall–Kier alpha value is 0. The maximum atomic E-state index is 2.42. The first-order valence-corrected chi connectivity index (χ1v) is 7.18. The number of rotatable bonds is 2. The normalized spacial score (nSPS) is 28.1. The van der Waals surface area contributed by atoms with Gasteiger partial charge in [0.1, 0.15) is 0 Å². The fourth-order valence-electron chi connectivity index (χ4n) is 2.98. The van der Waals surface area contributed by atoms with Crippen molar-refractivity contribution in [2.24, 2.45) is 22.7 Å². The smallest absolute Gasteiger partial charge is 0.0354 e. The van der Waals surface area contributed by atoms with Gasteiger partial charge in [-0.3, -0.25) is 0 Å². The molecule has 0 N–H and O–H groups in total. The summed E-state index contributed by atoms with van der Waals surface area (Å²) in [7, 11) is 0. The van der Waals surface area contributed by atoms with Gasteiger partial charge in [-0.1, -0.05) is 54.4 Å². The third-order valence-electron chi connectivity index (χ3n) is 4.31. The van der Waals surface area contributed by atoms with E-state index in [0.717, 1.165) is 11.8 Å². The highest BCUT2D eigenvalue weighted by atomic mass is 14.4. The highest BCUT2D eigenvalue weighted by Gasteiger charge is 2.30. The van der Waals surface area contributed by atoms with E-state index >= 15 is 0 Å². The maximum absolute atomic E-state index is 2.42. The predicted octanol–water partition coefficient (Wildman–Crippen LogP) is 5.67. The lowest BCUT2D eigenvalue weighted by Crippen LogP contribution is -2.27. The van der Waals surface area contributed by atoms with Crippen LogP contribution >= 0.6 is 0 Å². The molecule has 0 saturated heterocycles. The Bertz CT molecular complexity index is 201. The molecule has 0 heterocycles. The van der Waals surface area contributed by atoms with E-state index in [-0.39, 0.29) is 0 Å². The Morgan fingerprint density at radius 1 is 0.938 bits per heavy atom. The van der Waals surface area contributed by atoms with Crippen LogP contribution in [-0.2, 0) is 0 Å². The summed E-state index contributed by atoms with van der Waals surface area (Å²) >= 11 is 0. The Morgan fingerprint density at radius 3 is 2.06 bits per heavy atom. The van der Waals surface area contributed by atoms with Gasteiger partial charge in [0.2, 0.25) is 0 Å². The molecule has 0 aromatic carbocycles. The van der Waals surface area contributed by atoms with Crippen molar-refractivity contribution in [3.05, 3.63) is 0 Å². The molecule has 0 nitrogen and oxygen atoms in total. The summed E-state index contributed by atoms with van der Waals surface area (Å²) in [4.78, 5) is 0. The lowest BCUT2D eigenvalue weighted by Gasteiger charge is -2.38. The lowest BCUT2D eigenvalue weighted by atomic mass is 9.67. The van der Waals surface area contributed by atoms with E-state index in [0.29, 0.717) is 10.8 Å². The first-order valence-electron chi connectivity index (χ1n) is 7.18. The Labute approximate surface area is 103 Å². The molecule has 0 aromatic rings. The average Bonchev–Trinajstić information content (AvgIpc) is 2.13. The van der Waals surface area contributed by atoms with Gasteiger partial charge in [-0.15, -0.1) is 0 Å². The van der Waals surface area contributed by atoms with Crippen LogP contribution in [0.15, 0.2) is 0 Å². The molecule has 1 fully saturated rings. The molecular formula is C16H32. The first-order chi connectivity index (χ1) is 7.18. The molecule has 1 aliphatic carbocycles. The van der Waals surface area contributed by atoms with Crippen molar-refractivity contribution in [2.75, 3.05) is 0 Å². The summed E-state index contributed by atoms with van der Waals surface area (Å²) in [5, 5.41) is 0. The van der Waals surface area contributed by atoms with Gasteiger partial charge < -0.3 is 0 Å². The van der Waals surface area contributed by atoms with Crippen LogP contribution < -0.4 is 0 Å². The minimum atomic E-state index is 0.522. The molecule has 0 aliphatic heterocycles. The molecule has 0 radical (unpaired) electrons. The maximum Gasteiger partial charge on any atom is -0.0354 e. The first kappa shape index (κ1) is 14.1. The van der Waals surface area contributed by atoms with E-state index in [1.165, 1.54) is 38.5 Å². The van der Waals surface area contributed by atoms with Crippen molar-refractivity contribution < 1.29 is 0 Å². The van der Waals surface area contributed by atoms with E-state index < -0.39 is 0 Å². The van der Waals surface area contributed by atoms with Crippen molar-refractivity contribution >= 4 is 0 Å². The average molecular weight is 224 g/mol. The zero-order valence-corrected chi connectivity index (χ0v) is 12.4. The minimum absolute atomic E-state index is 0.522. The van der Waals surface area contributed by atoms with Gasteiger partial charge in [-0.05, 0) is 48.3 Å². The molecule has 0 heteroatoms. The molecule has 0 spiro atoms. The van der Waals surface area contributed by atoms with Crippen molar-refractivity contribution in [1.29, 1.82) is 0 Å². The molecule has 0 amide bonds. The summed E-state index contributed by atoms with van der Waals surface area (Å²) < 4.78 is 0. The summed E-state index contributed by atoms with van der Waals surface area (Å²) in [6, 6.07) is 0. The van der Waals surface area contributed by atoms with Crippen LogP contribution in [0, 0.1) is 22.7 Å². The monoisotopic (exact) mass is 224 g/mol. The highest BCUT2D eigenvalue weighted by molar-refractivity contribution is 4.81. The van der Waals surface area contributed by atoms with Gasteiger partial charge in [-0.2, -0.15) is 0 Å². The third-order valence-corrected chi connectivity index (χ3v) is 4.31. The Morgan fingerprint density at radius 2 is 1.56 bits per heavy atom. The summed E-state index contributed by atoms with van der Waals surface area (Å²) in [5.74, 6) is 1.98. The van der Waals surface area contributed by atoms with Crippen LogP contribution in [0.4, 0.5) is 0 Å². The van der Waals surface area contributed by atoms with Crippen molar-refractivity contribution in [1.82, 2.24) is 0 Å². The summed E-state index contributed by atoms with van der Waals surface area (Å²) in [5.41, 5.74) is 1.05. The third kappa shape index (κ3) is 4.89. The Kier molecular flexibility index (Phi) is 4.49. The molecule has 0 aromatic heterocycles. The van der Waals surface area contributed by atoms with E-state index in [4.69, 9.17) is 0 Å². The molecule has 96 valence electrons. The van der Waals surface area contributed by atoms with Gasteiger partial charge in [0, 0.05) is 0 Å². The molecule has 2 atom stereocenters. The molecule has 0 bridgehead atoms. The fraction of sp³-hybridized carbons (Fsp3) is 1.00. The van der Waals surface area contributed by atoms with Gasteiger partial charge in [0.25, 0.3) is 0 Å². The second kappa shape index (κ2) is 5.10. The topological polar surface area (TPSA) is 0 Å². The number of hydrogen-bond donors (Lipinski definition) is 0. The van der Waals surface area contributed by atoms with Crippen LogP contribution in [0.3, 0.4) is 0 Å². The van der Waals surface area contributed by atoms with E-state index in [9.17, 15) is 0 Å². The molecule has 16 heavy (non-hydrogen) atoms. The van der Waals surface area contributed by atoms with E-state index in [2.05, 4.69) is 41.5 Å². The van der Waals surface area contributed by atoms with Crippen LogP contribution in [0.2, 0.25) is 0 Å². The Balaban J connectivity index is 2.39. The van der Waals surface area contributed by atoms with Crippen molar-refractivity contribution in [2.45, 2.75) is 80.1 Å².